The number of fused-ring (bicyclic) bond motifs is 2. The van der Waals surface area contributed by atoms with Crippen molar-refractivity contribution in [2.75, 3.05) is 18.5 Å². The third kappa shape index (κ3) is 4.00. The van der Waals surface area contributed by atoms with Gasteiger partial charge < -0.3 is 20.9 Å². The predicted octanol–water partition coefficient (Wildman–Crippen LogP) is 2.50. The van der Waals surface area contributed by atoms with Gasteiger partial charge in [0.15, 0.2) is 11.6 Å². The molecule has 7 nitrogen and oxygen atoms in total. The van der Waals surface area contributed by atoms with Crippen molar-refractivity contribution >= 4 is 23.2 Å². The number of nitrogens with two attached hydrogens (primary N) is 1. The number of nitrogens with one attached hydrogen (secondary N) is 1. The van der Waals surface area contributed by atoms with Crippen LogP contribution >= 0.6 is 0 Å². The van der Waals surface area contributed by atoms with Crippen molar-refractivity contribution < 1.29 is 24.2 Å². The molecule has 29 heavy (non-hydrogen) atoms. The molecule has 7 heteroatoms. The Kier molecular flexibility index (Phi) is 5.98. The third-order valence-electron chi connectivity index (χ3n) is 4.93. The molecule has 0 bridgehead atoms. The molecule has 0 amide bonds. The second-order valence-electron chi connectivity index (χ2n) is 7.30. The van der Waals surface area contributed by atoms with Crippen LogP contribution in [0.25, 0.3) is 0 Å². The van der Waals surface area contributed by atoms with E-state index < -0.39 is 12.0 Å². The van der Waals surface area contributed by atoms with E-state index in [9.17, 15) is 19.5 Å². The van der Waals surface area contributed by atoms with Crippen molar-refractivity contribution in [2.45, 2.75) is 26.3 Å². The molecule has 2 aromatic carbocycles. The molecule has 1 aliphatic rings. The number of hydrogen-bond donors (Lipinski definition) is 3. The number of ether oxygens (including phenoxy) is 1. The molecule has 152 valence electrons. The molecule has 0 aromatic heterocycles. The standard InChI is InChI=1S/C22H24N2O5/c1-12(2)19(23)22(28)29-11-5-10-24-15-8-9-16(25)18-17(15)20(26)13-6-3-4-7-14(13)21(18)27/h3-4,6-9,12,19,24-25H,5,10-11,23H2,1-2H3/t19-/m0/s1. The lowest BCUT2D eigenvalue weighted by molar-refractivity contribution is -0.146. The number of anilines is 1. The molecule has 3 rings (SSSR count). The van der Waals surface area contributed by atoms with Crippen LogP contribution in [0.2, 0.25) is 0 Å². The molecule has 0 saturated heterocycles. The summed E-state index contributed by atoms with van der Waals surface area (Å²) in [4.78, 5) is 37.5. The summed E-state index contributed by atoms with van der Waals surface area (Å²) in [5, 5.41) is 13.3. The molecule has 0 radical (unpaired) electrons. The minimum absolute atomic E-state index is 0.00410. The van der Waals surface area contributed by atoms with E-state index in [-0.39, 0.29) is 46.5 Å². The number of phenols is 1. The summed E-state index contributed by atoms with van der Waals surface area (Å²) in [7, 11) is 0. The summed E-state index contributed by atoms with van der Waals surface area (Å²) >= 11 is 0. The number of carbonyl (C=O) groups is 3. The van der Waals surface area contributed by atoms with Gasteiger partial charge in [0.05, 0.1) is 17.7 Å². The van der Waals surface area contributed by atoms with Crippen molar-refractivity contribution in [2.24, 2.45) is 11.7 Å². The van der Waals surface area contributed by atoms with Gasteiger partial charge in [0, 0.05) is 23.4 Å². The van der Waals surface area contributed by atoms with Crippen LogP contribution in [0.4, 0.5) is 5.69 Å². The molecule has 0 fully saturated rings. The number of ketones is 2. The van der Waals surface area contributed by atoms with Crippen molar-refractivity contribution in [3.05, 3.63) is 58.7 Å². The van der Waals surface area contributed by atoms with E-state index in [1.165, 1.54) is 6.07 Å². The summed E-state index contributed by atoms with van der Waals surface area (Å²) in [6.45, 7) is 4.28. The molecular weight excluding hydrogens is 372 g/mol. The lowest BCUT2D eigenvalue weighted by atomic mass is 9.82. The van der Waals surface area contributed by atoms with Crippen LogP contribution in [-0.4, -0.2) is 41.8 Å². The van der Waals surface area contributed by atoms with Crippen LogP contribution in [0, 0.1) is 5.92 Å². The number of rotatable bonds is 7. The molecule has 4 N–H and O–H groups in total. The van der Waals surface area contributed by atoms with E-state index in [1.54, 1.807) is 30.3 Å². The van der Waals surface area contributed by atoms with E-state index in [0.29, 0.717) is 24.2 Å². The molecule has 0 aliphatic heterocycles. The van der Waals surface area contributed by atoms with Gasteiger partial charge in [-0.3, -0.25) is 14.4 Å². The van der Waals surface area contributed by atoms with Crippen LogP contribution in [0.3, 0.4) is 0 Å². The number of phenolic OH excluding ortho intramolecular Hbond substituents is 1. The highest BCUT2D eigenvalue weighted by molar-refractivity contribution is 6.31. The summed E-state index contributed by atoms with van der Waals surface area (Å²) in [6.07, 6.45) is 0.491. The molecule has 0 saturated carbocycles. The summed E-state index contributed by atoms with van der Waals surface area (Å²) in [5.41, 5.74) is 6.96. The van der Waals surface area contributed by atoms with Crippen LogP contribution in [0.5, 0.6) is 5.75 Å². The largest absolute Gasteiger partial charge is 0.507 e. The zero-order valence-electron chi connectivity index (χ0n) is 16.4. The minimum Gasteiger partial charge on any atom is -0.507 e. The van der Waals surface area contributed by atoms with Gasteiger partial charge in [-0.2, -0.15) is 0 Å². The maximum Gasteiger partial charge on any atom is 0.323 e. The minimum atomic E-state index is -0.657. The SMILES string of the molecule is CC(C)[C@H](N)C(=O)OCCCNc1ccc(O)c2c1C(=O)c1ccccc1C2=O. The van der Waals surface area contributed by atoms with Crippen LogP contribution in [-0.2, 0) is 9.53 Å². The summed E-state index contributed by atoms with van der Waals surface area (Å²) in [6, 6.07) is 8.85. The smallest absolute Gasteiger partial charge is 0.323 e. The highest BCUT2D eigenvalue weighted by Crippen LogP contribution is 2.36. The van der Waals surface area contributed by atoms with Crippen LogP contribution in [0.1, 0.15) is 52.1 Å². The topological polar surface area (TPSA) is 119 Å². The Bertz CT molecular complexity index is 968. The molecule has 2 aromatic rings. The van der Waals surface area contributed by atoms with Gasteiger partial charge in [-0.25, -0.2) is 0 Å². The lowest BCUT2D eigenvalue weighted by Gasteiger charge is -2.21. The summed E-state index contributed by atoms with van der Waals surface area (Å²) in [5.74, 6) is -1.37. The van der Waals surface area contributed by atoms with Gasteiger partial charge in [0.2, 0.25) is 0 Å². The molecule has 1 aliphatic carbocycles. The molecule has 0 unspecified atom stereocenters. The quantitative estimate of drug-likeness (QED) is 0.319. The van der Waals surface area contributed by atoms with Crippen molar-refractivity contribution in [3.63, 3.8) is 0 Å². The van der Waals surface area contributed by atoms with Crippen molar-refractivity contribution in [3.8, 4) is 5.75 Å². The highest BCUT2D eigenvalue weighted by Gasteiger charge is 2.33. The van der Waals surface area contributed by atoms with E-state index in [4.69, 9.17) is 10.5 Å². The van der Waals surface area contributed by atoms with Crippen molar-refractivity contribution in [1.29, 1.82) is 0 Å². The Balaban J connectivity index is 1.70. The van der Waals surface area contributed by atoms with Crippen LogP contribution < -0.4 is 11.1 Å². The average Bonchev–Trinajstić information content (AvgIpc) is 2.71. The molecule has 0 spiro atoms. The number of benzene rings is 2. The first kappa shape index (κ1) is 20.5. The number of aromatic hydroxyl groups is 1. The highest BCUT2D eigenvalue weighted by atomic mass is 16.5. The molecule has 1 atom stereocenters. The summed E-state index contributed by atoms with van der Waals surface area (Å²) < 4.78 is 5.15. The number of hydrogen-bond acceptors (Lipinski definition) is 7. The number of carbonyl (C=O) groups excluding carboxylic acids is 3. The molecule has 0 heterocycles. The molecular formula is C22H24N2O5. The second-order valence-corrected chi connectivity index (χ2v) is 7.30. The Hall–Kier alpha value is -3.19. The third-order valence-corrected chi connectivity index (χ3v) is 4.93. The van der Waals surface area contributed by atoms with Gasteiger partial charge in [0.1, 0.15) is 11.8 Å². The normalized spacial score (nSPS) is 13.7. The Labute approximate surface area is 168 Å². The van der Waals surface area contributed by atoms with Gasteiger partial charge in [-0.1, -0.05) is 38.1 Å². The Morgan fingerprint density at radius 1 is 1.07 bits per heavy atom. The maximum atomic E-state index is 13.0. The fourth-order valence-electron chi connectivity index (χ4n) is 3.19. The average molecular weight is 396 g/mol. The van der Waals surface area contributed by atoms with Gasteiger partial charge >= 0.3 is 5.97 Å². The maximum absolute atomic E-state index is 13.0. The van der Waals surface area contributed by atoms with Crippen molar-refractivity contribution in [1.82, 2.24) is 0 Å². The zero-order chi connectivity index (χ0) is 21.1. The zero-order valence-corrected chi connectivity index (χ0v) is 16.4. The second kappa shape index (κ2) is 8.45. The fraction of sp³-hybridized carbons (Fsp3) is 0.318. The lowest BCUT2D eigenvalue weighted by Crippen LogP contribution is -2.37. The first-order valence-corrected chi connectivity index (χ1v) is 9.53. The Morgan fingerprint density at radius 2 is 1.69 bits per heavy atom. The van der Waals surface area contributed by atoms with E-state index in [1.807, 2.05) is 13.8 Å². The van der Waals surface area contributed by atoms with E-state index in [2.05, 4.69) is 5.32 Å². The first-order valence-electron chi connectivity index (χ1n) is 9.53. The Morgan fingerprint density at radius 3 is 2.31 bits per heavy atom. The van der Waals surface area contributed by atoms with Gasteiger partial charge in [-0.15, -0.1) is 0 Å². The predicted molar refractivity (Wildman–Crippen MR) is 108 cm³/mol. The van der Waals surface area contributed by atoms with Gasteiger partial charge in [0.25, 0.3) is 0 Å². The van der Waals surface area contributed by atoms with Gasteiger partial charge in [-0.05, 0) is 24.5 Å². The monoisotopic (exact) mass is 396 g/mol. The fourth-order valence-corrected chi connectivity index (χ4v) is 3.19. The van der Waals surface area contributed by atoms with E-state index >= 15 is 0 Å². The van der Waals surface area contributed by atoms with E-state index in [0.717, 1.165) is 0 Å². The number of esters is 1. The van der Waals surface area contributed by atoms with Crippen LogP contribution in [0.15, 0.2) is 36.4 Å². The first-order chi connectivity index (χ1) is 13.8.